The third-order valence-electron chi connectivity index (χ3n) is 9.94. The summed E-state index contributed by atoms with van der Waals surface area (Å²) < 4.78 is 15.6. The summed E-state index contributed by atoms with van der Waals surface area (Å²) >= 11 is 5.88. The quantitative estimate of drug-likeness (QED) is 0.585. The average Bonchev–Trinajstić information content (AvgIpc) is 2.94. The first kappa shape index (κ1) is 23.9. The number of aliphatic hydroxyl groups is 1. The Hall–Kier alpha value is -1.27. The number of allylic oxidation sites excluding steroid dienone is 1. The van der Waals surface area contributed by atoms with Crippen LogP contribution in [0, 0.1) is 40.4 Å². The van der Waals surface area contributed by atoms with E-state index in [-0.39, 0.29) is 54.0 Å². The zero-order valence-electron chi connectivity index (χ0n) is 19.1. The highest BCUT2D eigenvalue weighted by molar-refractivity contribution is 6.29. The molecule has 9 atom stereocenters. The summed E-state index contributed by atoms with van der Waals surface area (Å²) in [5.41, 5.74) is -2.09. The van der Waals surface area contributed by atoms with Crippen molar-refractivity contribution in [1.82, 2.24) is 0 Å². The average molecular weight is 469 g/mol. The van der Waals surface area contributed by atoms with Crippen LogP contribution in [0.1, 0.15) is 65.7 Å². The van der Waals surface area contributed by atoms with E-state index in [9.17, 15) is 19.5 Å². The summed E-state index contributed by atoms with van der Waals surface area (Å²) in [6.45, 7) is 5.91. The molecular weight excluding hydrogens is 435 g/mol. The van der Waals surface area contributed by atoms with Crippen molar-refractivity contribution in [3.8, 4) is 0 Å². The fourth-order valence-corrected chi connectivity index (χ4v) is 8.54. The van der Waals surface area contributed by atoms with Crippen molar-refractivity contribution in [2.45, 2.75) is 77.5 Å². The lowest BCUT2D eigenvalue weighted by molar-refractivity contribution is -0.167. The van der Waals surface area contributed by atoms with E-state index in [4.69, 9.17) is 16.7 Å². The molecule has 2 N–H and O–H groups in total. The van der Waals surface area contributed by atoms with Gasteiger partial charge in [-0.15, -0.1) is 11.6 Å². The van der Waals surface area contributed by atoms with Gasteiger partial charge in [-0.1, -0.05) is 20.8 Å². The third kappa shape index (κ3) is 3.15. The van der Waals surface area contributed by atoms with Gasteiger partial charge in [0.25, 0.3) is 0 Å². The molecule has 5 nitrogen and oxygen atoms in total. The molecule has 7 heteroatoms. The SMILES string of the molecule is C[C@H]1C[C@H]2[C@@H]3C[C@H](F)C4=CC(=O)C(CCC(=O)O)C[C@]4(C)[C@H]3CC[C@]2(C)[C@@]1(O)C(=O)CCl. The molecule has 3 saturated carbocycles. The van der Waals surface area contributed by atoms with Gasteiger partial charge in [0.05, 0.1) is 5.88 Å². The molecule has 32 heavy (non-hydrogen) atoms. The van der Waals surface area contributed by atoms with E-state index in [1.807, 2.05) is 20.8 Å². The second kappa shape index (κ2) is 7.90. The normalized spacial score (nSPS) is 47.8. The van der Waals surface area contributed by atoms with Crippen LogP contribution in [-0.4, -0.2) is 45.4 Å². The van der Waals surface area contributed by atoms with E-state index in [2.05, 4.69) is 0 Å². The van der Waals surface area contributed by atoms with Crippen molar-refractivity contribution in [3.63, 3.8) is 0 Å². The monoisotopic (exact) mass is 468 g/mol. The summed E-state index contributed by atoms with van der Waals surface area (Å²) in [6.07, 6.45) is 3.24. The Morgan fingerprint density at radius 1 is 1.25 bits per heavy atom. The summed E-state index contributed by atoms with van der Waals surface area (Å²) in [7, 11) is 0. The fraction of sp³-hybridized carbons (Fsp3) is 0.800. The number of hydrogen-bond acceptors (Lipinski definition) is 4. The molecule has 4 rings (SSSR count). The minimum Gasteiger partial charge on any atom is -0.481 e. The molecule has 178 valence electrons. The number of carboxylic acids is 1. The van der Waals surface area contributed by atoms with Crippen LogP contribution in [0.15, 0.2) is 11.6 Å². The molecule has 0 heterocycles. The van der Waals surface area contributed by atoms with Crippen molar-refractivity contribution in [2.75, 3.05) is 5.88 Å². The lowest BCUT2D eigenvalue weighted by atomic mass is 9.45. The van der Waals surface area contributed by atoms with Crippen LogP contribution >= 0.6 is 11.6 Å². The van der Waals surface area contributed by atoms with E-state index in [1.54, 1.807) is 0 Å². The van der Waals surface area contributed by atoms with E-state index < -0.39 is 34.5 Å². The number of fused-ring (bicyclic) bond motifs is 5. The molecular formula is C25H34ClFO5. The molecule has 0 spiro atoms. The van der Waals surface area contributed by atoms with Crippen molar-refractivity contribution < 1.29 is 29.0 Å². The first-order chi connectivity index (χ1) is 14.9. The maximum Gasteiger partial charge on any atom is 0.303 e. The summed E-state index contributed by atoms with van der Waals surface area (Å²) in [5.74, 6) is -2.18. The van der Waals surface area contributed by atoms with Crippen molar-refractivity contribution >= 4 is 29.1 Å². The first-order valence-electron chi connectivity index (χ1n) is 11.8. The Kier molecular flexibility index (Phi) is 5.89. The van der Waals surface area contributed by atoms with Crippen LogP contribution in [-0.2, 0) is 14.4 Å². The predicted molar refractivity (Wildman–Crippen MR) is 118 cm³/mol. The largest absolute Gasteiger partial charge is 0.481 e. The van der Waals surface area contributed by atoms with Crippen LogP contribution in [0.25, 0.3) is 0 Å². The Morgan fingerprint density at radius 2 is 1.94 bits per heavy atom. The molecule has 3 fully saturated rings. The highest BCUT2D eigenvalue weighted by Crippen LogP contribution is 2.69. The van der Waals surface area contributed by atoms with Gasteiger partial charge in [-0.3, -0.25) is 14.4 Å². The molecule has 4 aliphatic rings. The molecule has 0 aromatic carbocycles. The van der Waals surface area contributed by atoms with Crippen molar-refractivity contribution in [1.29, 1.82) is 0 Å². The summed E-state index contributed by atoms with van der Waals surface area (Å²) in [6, 6.07) is 0. The minimum absolute atomic E-state index is 0.000129. The Bertz CT molecular complexity index is 872. The fourth-order valence-electron chi connectivity index (χ4n) is 8.33. The topological polar surface area (TPSA) is 91.7 Å². The first-order valence-corrected chi connectivity index (χ1v) is 12.4. The van der Waals surface area contributed by atoms with Gasteiger partial charge in [-0.2, -0.15) is 0 Å². The Balaban J connectivity index is 1.69. The third-order valence-corrected chi connectivity index (χ3v) is 10.2. The van der Waals surface area contributed by atoms with Gasteiger partial charge in [0.15, 0.2) is 11.6 Å². The van der Waals surface area contributed by atoms with Gasteiger partial charge >= 0.3 is 5.97 Å². The molecule has 0 aromatic heterocycles. The van der Waals surface area contributed by atoms with Gasteiger partial charge < -0.3 is 10.2 Å². The van der Waals surface area contributed by atoms with Crippen molar-refractivity contribution in [2.24, 2.45) is 40.4 Å². The number of ketones is 2. The number of aliphatic carboxylic acids is 1. The number of carbonyl (C=O) groups excluding carboxylic acids is 2. The highest BCUT2D eigenvalue weighted by atomic mass is 35.5. The number of carbonyl (C=O) groups is 3. The van der Waals surface area contributed by atoms with Gasteiger partial charge in [-0.05, 0) is 79.3 Å². The van der Waals surface area contributed by atoms with Crippen LogP contribution in [0.4, 0.5) is 4.39 Å². The lowest BCUT2D eigenvalue weighted by Gasteiger charge is -2.60. The van der Waals surface area contributed by atoms with Crippen LogP contribution < -0.4 is 0 Å². The Labute approximate surface area is 193 Å². The minimum atomic E-state index is -1.50. The number of rotatable bonds is 5. The molecule has 0 amide bonds. The molecule has 4 aliphatic carbocycles. The molecule has 0 aromatic rings. The van der Waals surface area contributed by atoms with E-state index in [0.717, 1.165) is 6.42 Å². The zero-order chi connectivity index (χ0) is 23.6. The van der Waals surface area contributed by atoms with Gasteiger partial charge in [0, 0.05) is 17.8 Å². The highest BCUT2D eigenvalue weighted by Gasteiger charge is 2.69. The maximum absolute atomic E-state index is 15.6. The summed E-state index contributed by atoms with van der Waals surface area (Å²) in [4.78, 5) is 36.5. The molecule has 1 unspecified atom stereocenters. The maximum atomic E-state index is 15.6. The molecule has 0 aliphatic heterocycles. The number of alkyl halides is 2. The number of Topliss-reactive ketones (excluding diaryl/α,β-unsaturated/α-hetero) is 1. The number of halogens is 2. The zero-order valence-corrected chi connectivity index (χ0v) is 19.8. The molecule has 0 bridgehead atoms. The second-order valence-corrected chi connectivity index (χ2v) is 11.5. The smallest absolute Gasteiger partial charge is 0.303 e. The van der Waals surface area contributed by atoms with Crippen LogP contribution in [0.3, 0.4) is 0 Å². The molecule has 0 saturated heterocycles. The van der Waals surface area contributed by atoms with E-state index in [1.165, 1.54) is 6.08 Å². The summed E-state index contributed by atoms with van der Waals surface area (Å²) in [5, 5.41) is 20.7. The second-order valence-electron chi connectivity index (χ2n) is 11.2. The van der Waals surface area contributed by atoms with Crippen LogP contribution in [0.2, 0.25) is 0 Å². The van der Waals surface area contributed by atoms with Crippen molar-refractivity contribution in [3.05, 3.63) is 11.6 Å². The number of carboxylic acid groups (broad SMARTS) is 1. The molecule has 0 radical (unpaired) electrons. The Morgan fingerprint density at radius 3 is 2.56 bits per heavy atom. The standard InChI is InChI=1S/C25H34ClFO5/c1-13-8-17-15-9-19(27)18-10-20(28)14(4-5-22(30)31)11-23(18,2)16(15)6-7-24(17,3)25(13,32)21(29)12-26/h10,13-17,19,32H,4-9,11-12H2,1-3H3,(H,30,31)/t13-,14?,15+,16-,17-,19-,23+,24-,25-/m0/s1. The number of hydrogen-bond donors (Lipinski definition) is 2. The van der Waals surface area contributed by atoms with Gasteiger partial charge in [0.2, 0.25) is 0 Å². The van der Waals surface area contributed by atoms with Gasteiger partial charge in [0.1, 0.15) is 11.8 Å². The lowest BCUT2D eigenvalue weighted by Crippen LogP contribution is -2.60. The predicted octanol–water partition coefficient (Wildman–Crippen LogP) is 4.34. The van der Waals surface area contributed by atoms with Gasteiger partial charge in [-0.25, -0.2) is 4.39 Å². The van der Waals surface area contributed by atoms with E-state index >= 15 is 4.39 Å². The van der Waals surface area contributed by atoms with Crippen LogP contribution in [0.5, 0.6) is 0 Å². The van der Waals surface area contributed by atoms with E-state index in [0.29, 0.717) is 31.3 Å².